The molecule has 0 saturated heterocycles. The van der Waals surface area contributed by atoms with Gasteiger partial charge in [-0.25, -0.2) is 0 Å². The van der Waals surface area contributed by atoms with Gasteiger partial charge in [0.2, 0.25) is 5.91 Å². The topological polar surface area (TPSA) is 74.1 Å². The molecule has 0 N–H and O–H groups in total. The number of hydrogen-bond acceptors (Lipinski definition) is 4. The Balaban J connectivity index is 1.94. The van der Waals surface area contributed by atoms with Crippen molar-refractivity contribution in [2.45, 2.75) is 20.4 Å². The van der Waals surface area contributed by atoms with Gasteiger partial charge in [-0.15, -0.1) is 0 Å². The fourth-order valence-corrected chi connectivity index (χ4v) is 3.21. The molecule has 0 radical (unpaired) electrons. The standard InChI is InChI=1S/C18H17N3O2/c1-18(2)15-5-7-21(11-12-4-3-6-20-10-12)17(23)14(15)8-13(9-19)16(18)22/h3-6,8,10,14H,7,11H2,1-2H3. The number of carbonyl (C=O) groups excluding carboxylic acids is 2. The number of aromatic nitrogens is 1. The van der Waals surface area contributed by atoms with E-state index >= 15 is 0 Å². The van der Waals surface area contributed by atoms with E-state index in [1.54, 1.807) is 31.1 Å². The fraction of sp³-hybridized carbons (Fsp3) is 0.333. The first kappa shape index (κ1) is 15.2. The molecule has 2 aliphatic rings. The van der Waals surface area contributed by atoms with Crippen molar-refractivity contribution in [3.05, 3.63) is 53.4 Å². The number of carbonyl (C=O) groups is 2. The van der Waals surface area contributed by atoms with E-state index in [9.17, 15) is 14.9 Å². The van der Waals surface area contributed by atoms with Gasteiger partial charge >= 0.3 is 0 Å². The number of nitrogens with zero attached hydrogens (tertiary/aromatic N) is 3. The maximum atomic E-state index is 12.8. The SMILES string of the molecule is CC1(C)C(=O)C(C#N)=CC2C(=O)N(Cc3cccnc3)CC=C21. The van der Waals surface area contributed by atoms with Crippen LogP contribution in [0.25, 0.3) is 0 Å². The van der Waals surface area contributed by atoms with Gasteiger partial charge in [0.05, 0.1) is 16.9 Å². The first-order valence-corrected chi connectivity index (χ1v) is 7.50. The summed E-state index contributed by atoms with van der Waals surface area (Å²) < 4.78 is 0. The van der Waals surface area contributed by atoms with Crippen LogP contribution in [0.4, 0.5) is 0 Å². The average molecular weight is 307 g/mol. The highest BCUT2D eigenvalue weighted by Gasteiger charge is 2.46. The van der Waals surface area contributed by atoms with Crippen LogP contribution in [0.5, 0.6) is 0 Å². The first-order valence-electron chi connectivity index (χ1n) is 7.50. The molecule has 5 nitrogen and oxygen atoms in total. The number of ketones is 1. The van der Waals surface area contributed by atoms with Gasteiger partial charge in [0, 0.05) is 25.5 Å². The Labute approximate surface area is 134 Å². The van der Waals surface area contributed by atoms with Crippen LogP contribution in [0.3, 0.4) is 0 Å². The Kier molecular flexibility index (Phi) is 3.61. The first-order chi connectivity index (χ1) is 10.9. The Morgan fingerprint density at radius 3 is 2.87 bits per heavy atom. The van der Waals surface area contributed by atoms with Gasteiger partial charge in [-0.2, -0.15) is 5.26 Å². The van der Waals surface area contributed by atoms with Crippen LogP contribution < -0.4 is 0 Å². The number of nitriles is 1. The van der Waals surface area contributed by atoms with Gasteiger partial charge in [0.1, 0.15) is 6.07 Å². The zero-order valence-corrected chi connectivity index (χ0v) is 13.1. The summed E-state index contributed by atoms with van der Waals surface area (Å²) in [6.07, 6.45) is 6.89. The summed E-state index contributed by atoms with van der Waals surface area (Å²) >= 11 is 0. The summed E-state index contributed by atoms with van der Waals surface area (Å²) in [7, 11) is 0. The van der Waals surface area contributed by atoms with Crippen LogP contribution in [0.15, 0.2) is 47.8 Å². The van der Waals surface area contributed by atoms with E-state index in [1.807, 2.05) is 24.3 Å². The molecule has 116 valence electrons. The van der Waals surface area contributed by atoms with E-state index in [0.717, 1.165) is 11.1 Å². The number of pyridine rings is 1. The lowest BCUT2D eigenvalue weighted by Crippen LogP contribution is -2.46. The maximum Gasteiger partial charge on any atom is 0.234 e. The average Bonchev–Trinajstić information content (AvgIpc) is 2.54. The minimum absolute atomic E-state index is 0.0697. The van der Waals surface area contributed by atoms with E-state index in [1.165, 1.54) is 6.08 Å². The van der Waals surface area contributed by atoms with Crippen molar-refractivity contribution >= 4 is 11.7 Å². The van der Waals surface area contributed by atoms with Gasteiger partial charge < -0.3 is 4.90 Å². The van der Waals surface area contributed by atoms with Crippen molar-refractivity contribution in [2.24, 2.45) is 11.3 Å². The molecule has 1 aliphatic heterocycles. The smallest absolute Gasteiger partial charge is 0.234 e. The number of amides is 1. The molecule has 1 aliphatic carbocycles. The van der Waals surface area contributed by atoms with Crippen molar-refractivity contribution in [1.82, 2.24) is 9.88 Å². The molecular formula is C18H17N3O2. The van der Waals surface area contributed by atoms with Gasteiger partial charge in [0.15, 0.2) is 5.78 Å². The summed E-state index contributed by atoms with van der Waals surface area (Å²) in [6.45, 7) is 4.49. The van der Waals surface area contributed by atoms with E-state index in [-0.39, 0.29) is 17.3 Å². The third-order valence-electron chi connectivity index (χ3n) is 4.53. The van der Waals surface area contributed by atoms with Crippen molar-refractivity contribution in [3.63, 3.8) is 0 Å². The zero-order valence-electron chi connectivity index (χ0n) is 13.1. The molecule has 0 spiro atoms. The highest BCUT2D eigenvalue weighted by atomic mass is 16.2. The van der Waals surface area contributed by atoms with Crippen LogP contribution >= 0.6 is 0 Å². The van der Waals surface area contributed by atoms with Crippen molar-refractivity contribution < 1.29 is 9.59 Å². The van der Waals surface area contributed by atoms with Crippen LogP contribution in [-0.2, 0) is 16.1 Å². The molecule has 1 aromatic rings. The number of hydrogen-bond donors (Lipinski definition) is 0. The number of allylic oxidation sites excluding steroid dienone is 1. The monoisotopic (exact) mass is 307 g/mol. The minimum atomic E-state index is -0.805. The molecule has 0 bridgehead atoms. The molecule has 5 heteroatoms. The van der Waals surface area contributed by atoms with E-state index in [2.05, 4.69) is 4.98 Å². The lowest BCUT2D eigenvalue weighted by atomic mass is 9.66. The van der Waals surface area contributed by atoms with Gasteiger partial charge in [0.25, 0.3) is 0 Å². The van der Waals surface area contributed by atoms with E-state index in [0.29, 0.717) is 13.1 Å². The highest BCUT2D eigenvalue weighted by Crippen LogP contribution is 2.42. The second-order valence-electron chi connectivity index (χ2n) is 6.36. The van der Waals surface area contributed by atoms with Crippen LogP contribution in [0.1, 0.15) is 19.4 Å². The normalized spacial score (nSPS) is 22.8. The Morgan fingerprint density at radius 1 is 1.43 bits per heavy atom. The van der Waals surface area contributed by atoms with E-state index < -0.39 is 11.3 Å². The minimum Gasteiger partial charge on any atom is -0.334 e. The van der Waals surface area contributed by atoms with Crippen LogP contribution in [0, 0.1) is 22.7 Å². The zero-order chi connectivity index (χ0) is 16.6. The number of Topliss-reactive ketones (excluding diaryl/α,β-unsaturated/α-hetero) is 1. The molecular weight excluding hydrogens is 290 g/mol. The molecule has 1 aromatic heterocycles. The van der Waals surface area contributed by atoms with Gasteiger partial charge in [-0.3, -0.25) is 14.6 Å². The quantitative estimate of drug-likeness (QED) is 0.784. The molecule has 0 aromatic carbocycles. The Morgan fingerprint density at radius 2 is 2.22 bits per heavy atom. The Hall–Kier alpha value is -2.74. The van der Waals surface area contributed by atoms with Crippen LogP contribution in [-0.4, -0.2) is 28.1 Å². The summed E-state index contributed by atoms with van der Waals surface area (Å²) in [4.78, 5) is 31.0. The number of fused-ring (bicyclic) bond motifs is 1. The molecule has 0 saturated carbocycles. The highest BCUT2D eigenvalue weighted by molar-refractivity contribution is 6.08. The number of rotatable bonds is 2. The fourth-order valence-electron chi connectivity index (χ4n) is 3.21. The molecule has 23 heavy (non-hydrogen) atoms. The van der Waals surface area contributed by atoms with Crippen molar-refractivity contribution in [3.8, 4) is 6.07 Å². The third-order valence-corrected chi connectivity index (χ3v) is 4.53. The van der Waals surface area contributed by atoms with Gasteiger partial charge in [-0.1, -0.05) is 12.1 Å². The molecule has 2 heterocycles. The Bertz CT molecular complexity index is 769. The molecule has 1 atom stereocenters. The van der Waals surface area contributed by atoms with Gasteiger partial charge in [-0.05, 0) is 37.1 Å². The molecule has 0 fully saturated rings. The van der Waals surface area contributed by atoms with Crippen LogP contribution in [0.2, 0.25) is 0 Å². The third kappa shape index (κ3) is 2.46. The molecule has 1 amide bonds. The largest absolute Gasteiger partial charge is 0.334 e. The second kappa shape index (κ2) is 5.47. The maximum absolute atomic E-state index is 12.8. The lowest BCUT2D eigenvalue weighted by Gasteiger charge is -2.40. The second-order valence-corrected chi connectivity index (χ2v) is 6.36. The summed E-state index contributed by atoms with van der Waals surface area (Å²) in [5.74, 6) is -0.807. The van der Waals surface area contributed by atoms with E-state index in [4.69, 9.17) is 0 Å². The predicted octanol–water partition coefficient (Wildman–Crippen LogP) is 2.03. The lowest BCUT2D eigenvalue weighted by molar-refractivity contribution is -0.135. The molecule has 1 unspecified atom stereocenters. The summed E-state index contributed by atoms with van der Waals surface area (Å²) in [6, 6.07) is 5.69. The molecule has 3 rings (SSSR count). The van der Waals surface area contributed by atoms with Crippen molar-refractivity contribution in [2.75, 3.05) is 6.54 Å². The van der Waals surface area contributed by atoms with Crippen molar-refractivity contribution in [1.29, 1.82) is 5.26 Å². The predicted molar refractivity (Wildman–Crippen MR) is 83.7 cm³/mol. The summed E-state index contributed by atoms with van der Waals surface area (Å²) in [5, 5.41) is 9.18. The summed E-state index contributed by atoms with van der Waals surface area (Å²) in [5.41, 5.74) is 1.02.